The van der Waals surface area contributed by atoms with Gasteiger partial charge < -0.3 is 10.1 Å². The average molecular weight is 386 g/mol. The summed E-state index contributed by atoms with van der Waals surface area (Å²) in [5.74, 6) is 0.815. The van der Waals surface area contributed by atoms with Crippen LogP contribution in [0.5, 0.6) is 0 Å². The average Bonchev–Trinajstić information content (AvgIpc) is 3.62. The molecule has 0 heterocycles. The van der Waals surface area contributed by atoms with Gasteiger partial charge in [-0.05, 0) is 54.8 Å². The zero-order valence-corrected chi connectivity index (χ0v) is 17.3. The predicted octanol–water partition coefficient (Wildman–Crippen LogP) is 5.58. The SMILES string of the molecule is COC(c1ccccc1)(c1ccccc1)C(CCc1ccccc1)NCC1CC1. The molecule has 0 spiro atoms. The first kappa shape index (κ1) is 19.9. The highest BCUT2D eigenvalue weighted by Gasteiger charge is 2.42. The van der Waals surface area contributed by atoms with Crippen molar-refractivity contribution in [3.8, 4) is 0 Å². The number of rotatable bonds is 10. The Hall–Kier alpha value is -2.42. The maximum atomic E-state index is 6.45. The molecule has 1 atom stereocenters. The smallest absolute Gasteiger partial charge is 0.133 e. The van der Waals surface area contributed by atoms with Gasteiger partial charge in [0.15, 0.2) is 0 Å². The number of nitrogens with one attached hydrogen (secondary N) is 1. The van der Waals surface area contributed by atoms with E-state index >= 15 is 0 Å². The molecule has 1 unspecified atom stereocenters. The third kappa shape index (κ3) is 4.60. The first-order chi connectivity index (χ1) is 14.3. The maximum absolute atomic E-state index is 6.45. The van der Waals surface area contributed by atoms with Crippen LogP contribution in [0.15, 0.2) is 91.0 Å². The van der Waals surface area contributed by atoms with Crippen molar-refractivity contribution in [2.45, 2.75) is 37.3 Å². The van der Waals surface area contributed by atoms with Gasteiger partial charge in [0.2, 0.25) is 0 Å². The monoisotopic (exact) mass is 385 g/mol. The van der Waals surface area contributed by atoms with Crippen molar-refractivity contribution in [2.24, 2.45) is 5.92 Å². The Morgan fingerprint density at radius 3 is 1.83 bits per heavy atom. The minimum absolute atomic E-state index is 0.179. The summed E-state index contributed by atoms with van der Waals surface area (Å²) in [6.45, 7) is 1.06. The Morgan fingerprint density at radius 1 is 0.828 bits per heavy atom. The molecule has 29 heavy (non-hydrogen) atoms. The molecule has 1 N–H and O–H groups in total. The Morgan fingerprint density at radius 2 is 1.34 bits per heavy atom. The molecule has 0 aliphatic heterocycles. The van der Waals surface area contributed by atoms with E-state index in [1.54, 1.807) is 0 Å². The van der Waals surface area contributed by atoms with Crippen LogP contribution >= 0.6 is 0 Å². The quantitative estimate of drug-likeness (QED) is 0.492. The van der Waals surface area contributed by atoms with Gasteiger partial charge >= 0.3 is 0 Å². The molecular formula is C27H31NO. The Kier molecular flexibility index (Phi) is 6.43. The first-order valence-electron chi connectivity index (χ1n) is 10.8. The Labute approximate surface area is 174 Å². The molecular weight excluding hydrogens is 354 g/mol. The highest BCUT2D eigenvalue weighted by Crippen LogP contribution is 2.39. The van der Waals surface area contributed by atoms with Crippen molar-refractivity contribution in [1.29, 1.82) is 0 Å². The fourth-order valence-electron chi connectivity index (χ4n) is 4.35. The Bertz CT molecular complexity index is 819. The van der Waals surface area contributed by atoms with E-state index in [1.807, 2.05) is 7.11 Å². The molecule has 0 radical (unpaired) electrons. The summed E-state index contributed by atoms with van der Waals surface area (Å²) < 4.78 is 6.45. The van der Waals surface area contributed by atoms with Crippen LogP contribution in [0.4, 0.5) is 0 Å². The van der Waals surface area contributed by atoms with Gasteiger partial charge in [0.05, 0.1) is 0 Å². The zero-order valence-electron chi connectivity index (χ0n) is 17.3. The van der Waals surface area contributed by atoms with E-state index in [2.05, 4.69) is 96.3 Å². The summed E-state index contributed by atoms with van der Waals surface area (Å²) in [6.07, 6.45) is 4.71. The molecule has 2 nitrogen and oxygen atoms in total. The zero-order chi connectivity index (χ0) is 19.9. The molecule has 1 aliphatic rings. The molecule has 1 fully saturated rings. The highest BCUT2D eigenvalue weighted by molar-refractivity contribution is 5.39. The van der Waals surface area contributed by atoms with E-state index in [1.165, 1.54) is 29.5 Å². The van der Waals surface area contributed by atoms with Crippen LogP contribution in [0.3, 0.4) is 0 Å². The number of methoxy groups -OCH3 is 1. The molecule has 3 aromatic carbocycles. The number of ether oxygens (including phenoxy) is 1. The van der Waals surface area contributed by atoms with Gasteiger partial charge in [0.1, 0.15) is 5.60 Å². The molecule has 1 aliphatic carbocycles. The molecule has 0 saturated heterocycles. The van der Waals surface area contributed by atoms with Crippen molar-refractivity contribution in [3.05, 3.63) is 108 Å². The summed E-state index contributed by atoms with van der Waals surface area (Å²) in [7, 11) is 1.86. The standard InChI is InChI=1S/C27H31NO/c1-29-27(24-13-7-3-8-14-24,25-15-9-4-10-16-25)26(28-21-23-17-18-23)20-19-22-11-5-2-6-12-22/h2-16,23,26,28H,17-21H2,1H3. The molecule has 2 heteroatoms. The van der Waals surface area contributed by atoms with Crippen molar-refractivity contribution >= 4 is 0 Å². The number of hydrogen-bond donors (Lipinski definition) is 1. The molecule has 3 aromatic rings. The van der Waals surface area contributed by atoms with Crippen molar-refractivity contribution < 1.29 is 4.74 Å². The summed E-state index contributed by atoms with van der Waals surface area (Å²) in [6, 6.07) is 32.3. The Balaban J connectivity index is 1.72. The van der Waals surface area contributed by atoms with Gasteiger partial charge in [0, 0.05) is 13.2 Å². The third-order valence-electron chi connectivity index (χ3n) is 6.13. The fourth-order valence-corrected chi connectivity index (χ4v) is 4.35. The minimum atomic E-state index is -0.522. The van der Waals surface area contributed by atoms with E-state index in [4.69, 9.17) is 4.74 Å². The second-order valence-corrected chi connectivity index (χ2v) is 8.10. The summed E-state index contributed by atoms with van der Waals surface area (Å²) in [4.78, 5) is 0. The van der Waals surface area contributed by atoms with Crippen molar-refractivity contribution in [2.75, 3.05) is 13.7 Å². The van der Waals surface area contributed by atoms with Gasteiger partial charge in [-0.2, -0.15) is 0 Å². The summed E-state index contributed by atoms with van der Waals surface area (Å²) in [5, 5.41) is 3.92. The van der Waals surface area contributed by atoms with E-state index < -0.39 is 5.60 Å². The third-order valence-corrected chi connectivity index (χ3v) is 6.13. The second-order valence-electron chi connectivity index (χ2n) is 8.10. The lowest BCUT2D eigenvalue weighted by Crippen LogP contribution is -2.51. The minimum Gasteiger partial charge on any atom is -0.367 e. The topological polar surface area (TPSA) is 21.3 Å². The molecule has 0 amide bonds. The summed E-state index contributed by atoms with van der Waals surface area (Å²) >= 11 is 0. The van der Waals surface area contributed by atoms with Gasteiger partial charge in [-0.25, -0.2) is 0 Å². The lowest BCUT2D eigenvalue weighted by atomic mass is 9.77. The van der Waals surface area contributed by atoms with E-state index in [9.17, 15) is 0 Å². The predicted molar refractivity (Wildman–Crippen MR) is 120 cm³/mol. The van der Waals surface area contributed by atoms with Crippen LogP contribution in [0.25, 0.3) is 0 Å². The van der Waals surface area contributed by atoms with Gasteiger partial charge in [0.25, 0.3) is 0 Å². The number of aryl methyl sites for hydroxylation is 1. The van der Waals surface area contributed by atoms with Gasteiger partial charge in [-0.1, -0.05) is 91.0 Å². The van der Waals surface area contributed by atoms with Crippen LogP contribution in [0, 0.1) is 5.92 Å². The van der Waals surface area contributed by atoms with Crippen LogP contribution in [0.1, 0.15) is 36.0 Å². The molecule has 0 aromatic heterocycles. The fraction of sp³-hybridized carbons (Fsp3) is 0.333. The molecule has 0 bridgehead atoms. The molecule has 150 valence electrons. The van der Waals surface area contributed by atoms with Gasteiger partial charge in [-0.3, -0.25) is 0 Å². The van der Waals surface area contributed by atoms with Crippen LogP contribution < -0.4 is 5.32 Å². The van der Waals surface area contributed by atoms with Crippen LogP contribution in [-0.4, -0.2) is 19.7 Å². The summed E-state index contributed by atoms with van der Waals surface area (Å²) in [5.41, 5.74) is 3.26. The van der Waals surface area contributed by atoms with E-state index in [0.717, 1.165) is 25.3 Å². The largest absolute Gasteiger partial charge is 0.367 e. The highest BCUT2D eigenvalue weighted by atomic mass is 16.5. The van der Waals surface area contributed by atoms with Crippen LogP contribution in [-0.2, 0) is 16.8 Å². The lowest BCUT2D eigenvalue weighted by molar-refractivity contribution is -0.0143. The maximum Gasteiger partial charge on any atom is 0.133 e. The van der Waals surface area contributed by atoms with E-state index in [0.29, 0.717) is 0 Å². The van der Waals surface area contributed by atoms with Crippen LogP contribution in [0.2, 0.25) is 0 Å². The lowest BCUT2D eigenvalue weighted by Gasteiger charge is -2.41. The van der Waals surface area contributed by atoms with E-state index in [-0.39, 0.29) is 6.04 Å². The normalized spacial score (nSPS) is 15.2. The number of hydrogen-bond acceptors (Lipinski definition) is 2. The van der Waals surface area contributed by atoms with Crippen molar-refractivity contribution in [3.63, 3.8) is 0 Å². The molecule has 1 saturated carbocycles. The molecule has 4 rings (SSSR count). The second kappa shape index (κ2) is 9.39. The van der Waals surface area contributed by atoms with Crippen molar-refractivity contribution in [1.82, 2.24) is 5.32 Å². The first-order valence-corrected chi connectivity index (χ1v) is 10.8. The van der Waals surface area contributed by atoms with Gasteiger partial charge in [-0.15, -0.1) is 0 Å². The number of benzene rings is 3.